The lowest BCUT2D eigenvalue weighted by Crippen LogP contribution is -2.13. The van der Waals surface area contributed by atoms with Gasteiger partial charge in [0.1, 0.15) is 17.9 Å². The molecule has 0 saturated heterocycles. The van der Waals surface area contributed by atoms with E-state index >= 15 is 0 Å². The molecule has 7 nitrogen and oxygen atoms in total. The highest BCUT2D eigenvalue weighted by Gasteiger charge is 2.17. The first-order chi connectivity index (χ1) is 11.8. The Balaban J connectivity index is 1.92. The molecule has 0 unspecified atom stereocenters. The average molecular weight is 445 g/mol. The molecule has 0 aliphatic rings. The number of H-pyrrole nitrogens is 1. The second-order valence-electron chi connectivity index (χ2n) is 4.76. The van der Waals surface area contributed by atoms with Crippen LogP contribution in [0.4, 0.5) is 10.1 Å². The van der Waals surface area contributed by atoms with Gasteiger partial charge in [-0.05, 0) is 64.1 Å². The molecule has 0 amide bonds. The van der Waals surface area contributed by atoms with Crippen LogP contribution in [0.2, 0.25) is 0 Å². The maximum Gasteiger partial charge on any atom is 0.261 e. The summed E-state index contributed by atoms with van der Waals surface area (Å²) in [7, 11) is -3.90. The van der Waals surface area contributed by atoms with Gasteiger partial charge in [-0.25, -0.2) is 17.8 Å². The molecule has 3 rings (SSSR count). The van der Waals surface area contributed by atoms with Gasteiger partial charge in [0.2, 0.25) is 0 Å². The van der Waals surface area contributed by atoms with Gasteiger partial charge in [0, 0.05) is 0 Å². The number of hydrogen-bond donors (Lipinski definition) is 3. The fourth-order valence-corrected chi connectivity index (χ4v) is 4.32. The van der Waals surface area contributed by atoms with Crippen molar-refractivity contribution in [1.82, 2.24) is 15.2 Å². The maximum atomic E-state index is 13.0. The average Bonchev–Trinajstić information content (AvgIpc) is 3.05. The van der Waals surface area contributed by atoms with Gasteiger partial charge in [-0.1, -0.05) is 0 Å². The lowest BCUT2D eigenvalue weighted by atomic mass is 10.3. The van der Waals surface area contributed by atoms with Crippen LogP contribution in [0.15, 0.2) is 62.1 Å². The van der Waals surface area contributed by atoms with Crippen molar-refractivity contribution in [2.24, 2.45) is 0 Å². The number of phenols is 1. The highest BCUT2D eigenvalue weighted by Crippen LogP contribution is 2.40. The quantitative estimate of drug-likeness (QED) is 0.520. The van der Waals surface area contributed by atoms with Crippen LogP contribution in [0, 0.1) is 5.82 Å². The molecule has 3 aromatic rings. The number of benzene rings is 2. The molecule has 25 heavy (non-hydrogen) atoms. The van der Waals surface area contributed by atoms with Crippen LogP contribution in [0.3, 0.4) is 0 Å². The number of nitrogens with one attached hydrogen (secondary N) is 2. The van der Waals surface area contributed by atoms with E-state index in [2.05, 4.69) is 35.8 Å². The Morgan fingerprint density at radius 2 is 1.96 bits per heavy atom. The van der Waals surface area contributed by atoms with E-state index in [0.717, 1.165) is 36.0 Å². The first-order valence-electron chi connectivity index (χ1n) is 6.69. The highest BCUT2D eigenvalue weighted by molar-refractivity contribution is 9.10. The number of halogens is 2. The number of phenolic OH excluding ortho intramolecular Hbond substituents is 1. The number of nitrogens with zero attached hydrogens (tertiary/aromatic N) is 2. The van der Waals surface area contributed by atoms with E-state index in [-0.39, 0.29) is 16.3 Å². The zero-order valence-corrected chi connectivity index (χ0v) is 15.5. The molecule has 0 aliphatic heterocycles. The van der Waals surface area contributed by atoms with Crippen molar-refractivity contribution in [2.75, 3.05) is 4.72 Å². The zero-order valence-electron chi connectivity index (χ0n) is 12.3. The van der Waals surface area contributed by atoms with Gasteiger partial charge in [-0.3, -0.25) is 9.82 Å². The van der Waals surface area contributed by atoms with E-state index < -0.39 is 15.8 Å². The minimum atomic E-state index is -3.90. The summed E-state index contributed by atoms with van der Waals surface area (Å²) < 4.78 is 40.4. The van der Waals surface area contributed by atoms with Gasteiger partial charge in [0.15, 0.2) is 5.16 Å². The molecule has 0 radical (unpaired) electrons. The molecular formula is C14H10BrFN4O3S2. The van der Waals surface area contributed by atoms with Crippen LogP contribution in [-0.4, -0.2) is 28.7 Å². The van der Waals surface area contributed by atoms with Crippen LogP contribution in [0.5, 0.6) is 5.75 Å². The van der Waals surface area contributed by atoms with Crippen molar-refractivity contribution < 1.29 is 17.9 Å². The summed E-state index contributed by atoms with van der Waals surface area (Å²) in [4.78, 5) is 4.22. The predicted octanol–water partition coefficient (Wildman–Crippen LogP) is 3.36. The van der Waals surface area contributed by atoms with Crippen molar-refractivity contribution >= 4 is 43.4 Å². The van der Waals surface area contributed by atoms with Gasteiger partial charge in [-0.2, -0.15) is 5.10 Å². The van der Waals surface area contributed by atoms with Crippen LogP contribution >= 0.6 is 27.7 Å². The number of aromatic hydroxyl groups is 1. The fraction of sp³-hybridized carbons (Fsp3) is 0. The molecule has 130 valence electrons. The topological polar surface area (TPSA) is 108 Å². The summed E-state index contributed by atoms with van der Waals surface area (Å²) in [6.07, 6.45) is 1.32. The number of hydrogen-bond acceptors (Lipinski definition) is 6. The molecule has 1 heterocycles. The van der Waals surface area contributed by atoms with Gasteiger partial charge < -0.3 is 5.11 Å². The van der Waals surface area contributed by atoms with E-state index in [0.29, 0.717) is 14.5 Å². The second kappa shape index (κ2) is 7.02. The number of anilines is 1. The minimum absolute atomic E-state index is 0.0638. The van der Waals surface area contributed by atoms with E-state index in [1.807, 2.05) is 0 Å². The maximum absolute atomic E-state index is 13.0. The molecule has 2 aromatic carbocycles. The fourth-order valence-electron chi connectivity index (χ4n) is 1.89. The Labute approximate surface area is 154 Å². The zero-order chi connectivity index (χ0) is 18.0. The highest BCUT2D eigenvalue weighted by atomic mass is 79.9. The lowest BCUT2D eigenvalue weighted by Gasteiger charge is -2.11. The summed E-state index contributed by atoms with van der Waals surface area (Å²) in [5.74, 6) is -0.594. The third-order valence-corrected chi connectivity index (χ3v) is 5.93. The van der Waals surface area contributed by atoms with E-state index in [9.17, 15) is 17.9 Å². The Bertz CT molecular complexity index is 996. The molecule has 0 aliphatic carbocycles. The molecule has 11 heteroatoms. The summed E-state index contributed by atoms with van der Waals surface area (Å²) in [6, 6.07) is 7.32. The summed E-state index contributed by atoms with van der Waals surface area (Å²) in [5, 5.41) is 16.9. The molecule has 0 fully saturated rings. The monoisotopic (exact) mass is 444 g/mol. The molecular weight excluding hydrogens is 435 g/mol. The molecule has 0 bridgehead atoms. The van der Waals surface area contributed by atoms with E-state index in [1.54, 1.807) is 0 Å². The van der Waals surface area contributed by atoms with Gasteiger partial charge in [0.25, 0.3) is 10.0 Å². The van der Waals surface area contributed by atoms with Crippen LogP contribution < -0.4 is 4.72 Å². The summed E-state index contributed by atoms with van der Waals surface area (Å²) >= 11 is 4.26. The van der Waals surface area contributed by atoms with Crippen molar-refractivity contribution in [1.29, 1.82) is 0 Å². The SMILES string of the molecule is O=S(=O)(Nc1cc(Br)c(O)c(Sc2ncn[nH]2)c1)c1ccc(F)cc1. The largest absolute Gasteiger partial charge is 0.506 e. The van der Waals surface area contributed by atoms with E-state index in [1.165, 1.54) is 18.5 Å². The van der Waals surface area contributed by atoms with Crippen molar-refractivity contribution in [3.05, 3.63) is 53.0 Å². The smallest absolute Gasteiger partial charge is 0.261 e. The normalized spacial score (nSPS) is 11.4. The van der Waals surface area contributed by atoms with Crippen molar-refractivity contribution in [3.8, 4) is 5.75 Å². The summed E-state index contributed by atoms with van der Waals surface area (Å²) in [5.41, 5.74) is 0.219. The first-order valence-corrected chi connectivity index (χ1v) is 9.78. The Morgan fingerprint density at radius 3 is 2.60 bits per heavy atom. The van der Waals surface area contributed by atoms with E-state index in [4.69, 9.17) is 0 Å². The molecule has 0 atom stereocenters. The molecule has 0 saturated carbocycles. The summed E-state index contributed by atoms with van der Waals surface area (Å²) in [6.45, 7) is 0. The Morgan fingerprint density at radius 1 is 1.24 bits per heavy atom. The van der Waals surface area contributed by atoms with Crippen LogP contribution in [0.25, 0.3) is 0 Å². The minimum Gasteiger partial charge on any atom is -0.506 e. The predicted molar refractivity (Wildman–Crippen MR) is 93.5 cm³/mol. The lowest BCUT2D eigenvalue weighted by molar-refractivity contribution is 0.459. The molecule has 3 N–H and O–H groups in total. The number of aromatic nitrogens is 3. The van der Waals surface area contributed by atoms with Gasteiger partial charge >= 0.3 is 0 Å². The van der Waals surface area contributed by atoms with Crippen LogP contribution in [0.1, 0.15) is 0 Å². The number of rotatable bonds is 5. The van der Waals surface area contributed by atoms with Gasteiger partial charge in [0.05, 0.1) is 20.0 Å². The van der Waals surface area contributed by atoms with Crippen molar-refractivity contribution in [2.45, 2.75) is 14.9 Å². The Kier molecular flexibility index (Phi) is 4.97. The number of sulfonamides is 1. The first kappa shape index (κ1) is 17.7. The number of aromatic amines is 1. The van der Waals surface area contributed by atoms with Gasteiger partial charge in [-0.15, -0.1) is 0 Å². The second-order valence-corrected chi connectivity index (χ2v) is 8.32. The standard InChI is InChI=1S/C14H10BrFN4O3S2/c15-11-5-9(6-12(13(11)21)24-14-17-7-18-19-14)20-25(22,23)10-3-1-8(16)2-4-10/h1-7,20-21H,(H,17,18,19). The molecule has 0 spiro atoms. The molecule has 1 aromatic heterocycles. The Hall–Kier alpha value is -2.11. The third kappa shape index (κ3) is 4.11. The third-order valence-electron chi connectivity index (χ3n) is 3.00. The van der Waals surface area contributed by atoms with Crippen molar-refractivity contribution in [3.63, 3.8) is 0 Å². The van der Waals surface area contributed by atoms with Crippen LogP contribution in [-0.2, 0) is 10.0 Å².